The molecule has 3 rings (SSSR count). The second kappa shape index (κ2) is 5.69. The smallest absolute Gasteiger partial charge is 0.240 e. The van der Waals surface area contributed by atoms with E-state index < -0.39 is 10.0 Å². The van der Waals surface area contributed by atoms with Crippen LogP contribution in [0.5, 0.6) is 0 Å². The second-order valence-corrected chi connectivity index (χ2v) is 7.41. The Bertz CT molecular complexity index is 880. The number of hydrogen-bond donors (Lipinski definition) is 1. The molecule has 0 radical (unpaired) electrons. The normalized spacial score (nSPS) is 11.9. The van der Waals surface area contributed by atoms with Gasteiger partial charge in [-0.2, -0.15) is 0 Å². The fourth-order valence-electron chi connectivity index (χ4n) is 1.82. The summed E-state index contributed by atoms with van der Waals surface area (Å²) >= 11 is 7.21. The molecule has 0 aliphatic carbocycles. The van der Waals surface area contributed by atoms with Crippen molar-refractivity contribution in [3.8, 4) is 0 Å². The minimum atomic E-state index is -3.57. The van der Waals surface area contributed by atoms with E-state index in [4.69, 9.17) is 11.6 Å². The molecule has 21 heavy (non-hydrogen) atoms. The van der Waals surface area contributed by atoms with Gasteiger partial charge >= 0.3 is 0 Å². The highest BCUT2D eigenvalue weighted by atomic mass is 35.5. The predicted molar refractivity (Wildman–Crippen MR) is 82.9 cm³/mol. The summed E-state index contributed by atoms with van der Waals surface area (Å²) in [4.78, 5) is 9.09. The highest BCUT2D eigenvalue weighted by Gasteiger charge is 2.14. The number of nitrogens with zero attached hydrogens (tertiary/aromatic N) is 2. The molecule has 0 fully saturated rings. The molecular weight excluding hydrogens is 330 g/mol. The monoisotopic (exact) mass is 339 g/mol. The molecule has 2 heterocycles. The van der Waals surface area contributed by atoms with E-state index >= 15 is 0 Å². The number of rotatable bonds is 4. The molecule has 0 amide bonds. The predicted octanol–water partition coefficient (Wildman–Crippen LogP) is 2.82. The summed E-state index contributed by atoms with van der Waals surface area (Å²) < 4.78 is 27.1. The number of hydrogen-bond acceptors (Lipinski definition) is 5. The zero-order valence-electron chi connectivity index (χ0n) is 10.7. The van der Waals surface area contributed by atoms with E-state index in [1.54, 1.807) is 36.0 Å². The largest absolute Gasteiger partial charge is 0.253 e. The Kier molecular flexibility index (Phi) is 3.90. The van der Waals surface area contributed by atoms with E-state index in [-0.39, 0.29) is 11.4 Å². The Morgan fingerprint density at radius 2 is 2.10 bits per heavy atom. The number of nitrogens with one attached hydrogen (secondary N) is 1. The fourth-order valence-corrected chi connectivity index (χ4v) is 3.65. The van der Waals surface area contributed by atoms with Gasteiger partial charge in [-0.05, 0) is 30.3 Å². The van der Waals surface area contributed by atoms with E-state index in [0.717, 1.165) is 10.3 Å². The van der Waals surface area contributed by atoms with Crippen LogP contribution in [0.1, 0.15) is 4.88 Å². The summed E-state index contributed by atoms with van der Waals surface area (Å²) in [6, 6.07) is 8.11. The first kappa shape index (κ1) is 14.4. The van der Waals surface area contributed by atoms with Crippen LogP contribution >= 0.6 is 22.9 Å². The number of sulfonamides is 1. The number of pyridine rings is 1. The van der Waals surface area contributed by atoms with Gasteiger partial charge in [-0.15, -0.1) is 11.3 Å². The third-order valence-corrected chi connectivity index (χ3v) is 5.25. The molecule has 0 aliphatic rings. The standard InChI is InChI=1S/C13H10ClN3O2S2/c14-13-4-1-9-5-11(2-3-12(9)17-13)21(18,19)16-7-10-6-15-8-20-10/h1-6,8,16H,7H2. The van der Waals surface area contributed by atoms with Gasteiger partial charge in [0.05, 0.1) is 15.9 Å². The maximum Gasteiger partial charge on any atom is 0.240 e. The molecule has 0 saturated heterocycles. The average molecular weight is 340 g/mol. The number of aromatic nitrogens is 2. The molecule has 3 aromatic rings. The lowest BCUT2D eigenvalue weighted by Crippen LogP contribution is -2.22. The van der Waals surface area contributed by atoms with Crippen molar-refractivity contribution in [3.05, 3.63) is 52.1 Å². The van der Waals surface area contributed by atoms with Crippen molar-refractivity contribution in [1.82, 2.24) is 14.7 Å². The van der Waals surface area contributed by atoms with Gasteiger partial charge in [0, 0.05) is 23.0 Å². The molecular formula is C13H10ClN3O2S2. The highest BCUT2D eigenvalue weighted by Crippen LogP contribution is 2.20. The molecule has 1 N–H and O–H groups in total. The number of benzene rings is 1. The van der Waals surface area contributed by atoms with Gasteiger partial charge < -0.3 is 0 Å². The van der Waals surface area contributed by atoms with E-state index in [2.05, 4.69) is 14.7 Å². The molecule has 0 bridgehead atoms. The van der Waals surface area contributed by atoms with E-state index in [1.807, 2.05) is 0 Å². The summed E-state index contributed by atoms with van der Waals surface area (Å²) in [5, 5.41) is 1.10. The molecule has 2 aromatic heterocycles. The summed E-state index contributed by atoms with van der Waals surface area (Å²) in [5.41, 5.74) is 2.32. The third kappa shape index (κ3) is 3.21. The molecule has 0 saturated carbocycles. The number of fused-ring (bicyclic) bond motifs is 1. The molecule has 0 atom stereocenters. The highest BCUT2D eigenvalue weighted by molar-refractivity contribution is 7.89. The zero-order chi connectivity index (χ0) is 14.9. The SMILES string of the molecule is O=S(=O)(NCc1cncs1)c1ccc2nc(Cl)ccc2c1. The van der Waals surface area contributed by atoms with E-state index in [9.17, 15) is 8.42 Å². The maximum absolute atomic E-state index is 12.3. The fraction of sp³-hybridized carbons (Fsp3) is 0.0769. The van der Waals surface area contributed by atoms with E-state index in [1.165, 1.54) is 17.4 Å². The van der Waals surface area contributed by atoms with Gasteiger partial charge in [0.1, 0.15) is 5.15 Å². The summed E-state index contributed by atoms with van der Waals surface area (Å²) in [7, 11) is -3.57. The molecule has 0 aliphatic heterocycles. The van der Waals surface area contributed by atoms with Crippen molar-refractivity contribution < 1.29 is 8.42 Å². The molecule has 108 valence electrons. The van der Waals surface area contributed by atoms with Crippen LogP contribution in [0.3, 0.4) is 0 Å². The quantitative estimate of drug-likeness (QED) is 0.742. The minimum Gasteiger partial charge on any atom is -0.253 e. The average Bonchev–Trinajstić information content (AvgIpc) is 2.98. The van der Waals surface area contributed by atoms with Crippen LogP contribution < -0.4 is 4.72 Å². The van der Waals surface area contributed by atoms with Crippen LogP contribution in [0.15, 0.2) is 46.9 Å². The molecule has 8 heteroatoms. The summed E-state index contributed by atoms with van der Waals surface area (Å²) in [5.74, 6) is 0. The third-order valence-electron chi connectivity index (χ3n) is 2.86. The van der Waals surface area contributed by atoms with Gasteiger partial charge in [-0.3, -0.25) is 4.98 Å². The van der Waals surface area contributed by atoms with Crippen LogP contribution in [0.25, 0.3) is 10.9 Å². The van der Waals surface area contributed by atoms with Crippen molar-refractivity contribution in [2.45, 2.75) is 11.4 Å². The zero-order valence-corrected chi connectivity index (χ0v) is 13.0. The first-order valence-electron chi connectivity index (χ1n) is 5.98. The Balaban J connectivity index is 1.89. The lowest BCUT2D eigenvalue weighted by Gasteiger charge is -2.06. The number of thiazole rings is 1. The van der Waals surface area contributed by atoms with Crippen LogP contribution in [0.4, 0.5) is 0 Å². The lowest BCUT2D eigenvalue weighted by molar-refractivity contribution is 0.582. The lowest BCUT2D eigenvalue weighted by atomic mass is 10.2. The van der Waals surface area contributed by atoms with Gasteiger partial charge in [-0.1, -0.05) is 11.6 Å². The van der Waals surface area contributed by atoms with Crippen LogP contribution in [-0.4, -0.2) is 18.4 Å². The summed E-state index contributed by atoms with van der Waals surface area (Å²) in [6.45, 7) is 0.226. The molecule has 5 nitrogen and oxygen atoms in total. The van der Waals surface area contributed by atoms with Crippen molar-refractivity contribution >= 4 is 43.9 Å². The first-order chi connectivity index (χ1) is 10.0. The van der Waals surface area contributed by atoms with Gasteiger partial charge in [-0.25, -0.2) is 18.1 Å². The molecule has 0 spiro atoms. The van der Waals surface area contributed by atoms with Crippen molar-refractivity contribution in [3.63, 3.8) is 0 Å². The van der Waals surface area contributed by atoms with Crippen molar-refractivity contribution in [2.75, 3.05) is 0 Å². The van der Waals surface area contributed by atoms with Crippen LogP contribution in [0, 0.1) is 0 Å². The second-order valence-electron chi connectivity index (χ2n) is 4.28. The Labute approximate surface area is 130 Å². The first-order valence-corrected chi connectivity index (χ1v) is 8.72. The van der Waals surface area contributed by atoms with E-state index in [0.29, 0.717) is 10.7 Å². The van der Waals surface area contributed by atoms with Gasteiger partial charge in [0.2, 0.25) is 10.0 Å². The minimum absolute atomic E-state index is 0.198. The Morgan fingerprint density at radius 3 is 2.86 bits per heavy atom. The van der Waals surface area contributed by atoms with Crippen molar-refractivity contribution in [1.29, 1.82) is 0 Å². The number of halogens is 1. The van der Waals surface area contributed by atoms with Gasteiger partial charge in [0.15, 0.2) is 0 Å². The summed E-state index contributed by atoms with van der Waals surface area (Å²) in [6.07, 6.45) is 1.64. The molecule has 0 unspecified atom stereocenters. The van der Waals surface area contributed by atoms with Gasteiger partial charge in [0.25, 0.3) is 0 Å². The topological polar surface area (TPSA) is 72.0 Å². The van der Waals surface area contributed by atoms with Crippen LogP contribution in [0.2, 0.25) is 5.15 Å². The maximum atomic E-state index is 12.3. The Morgan fingerprint density at radius 1 is 1.24 bits per heavy atom. The Hall–Kier alpha value is -1.54. The van der Waals surface area contributed by atoms with Crippen molar-refractivity contribution in [2.24, 2.45) is 0 Å². The molecule has 1 aromatic carbocycles. The van der Waals surface area contributed by atoms with Crippen LogP contribution in [-0.2, 0) is 16.6 Å².